The Labute approximate surface area is 72.5 Å². The Hall–Kier alpha value is -1.02. The quantitative estimate of drug-likeness (QED) is 0.716. The van der Waals surface area contributed by atoms with E-state index in [1.54, 1.807) is 32.0 Å². The summed E-state index contributed by atoms with van der Waals surface area (Å²) in [4.78, 5) is 0. The lowest BCUT2D eigenvalue weighted by Crippen LogP contribution is -2.19. The second kappa shape index (κ2) is 3.15. The highest BCUT2D eigenvalue weighted by molar-refractivity contribution is 5.27. The highest BCUT2D eigenvalue weighted by Crippen LogP contribution is 2.16. The summed E-state index contributed by atoms with van der Waals surface area (Å²) in [7, 11) is 0. The Bertz CT molecular complexity index is 261. The third-order valence-electron chi connectivity index (χ3n) is 1.54. The van der Waals surface area contributed by atoms with Gasteiger partial charge < -0.3 is 5.11 Å². The second-order valence-electron chi connectivity index (χ2n) is 3.61. The molecule has 0 unspecified atom stereocenters. The third kappa shape index (κ3) is 2.93. The van der Waals surface area contributed by atoms with E-state index in [4.69, 9.17) is 5.11 Å². The monoisotopic (exact) mass is 165 g/mol. The van der Waals surface area contributed by atoms with Gasteiger partial charge in [-0.15, -0.1) is 0 Å². The molecule has 0 saturated heterocycles. The van der Waals surface area contributed by atoms with Gasteiger partial charge in [-0.25, -0.2) is 5.11 Å². The van der Waals surface area contributed by atoms with Gasteiger partial charge in [0.1, 0.15) is 11.4 Å². The molecule has 1 radical (unpaired) electrons. The van der Waals surface area contributed by atoms with Gasteiger partial charge >= 0.3 is 0 Å². The second-order valence-corrected chi connectivity index (χ2v) is 3.61. The summed E-state index contributed by atoms with van der Waals surface area (Å²) in [6.07, 6.45) is 0.446. The SMILES string of the molecule is CC(C)([O])Cc1cccc(O)c1. The minimum atomic E-state index is -0.964. The van der Waals surface area contributed by atoms with Gasteiger partial charge in [0.25, 0.3) is 0 Å². The molecular formula is C10H13O2. The maximum Gasteiger partial charge on any atom is 0.115 e. The van der Waals surface area contributed by atoms with Crippen LogP contribution < -0.4 is 0 Å². The van der Waals surface area contributed by atoms with E-state index in [1.165, 1.54) is 0 Å². The molecule has 0 saturated carbocycles. The molecule has 1 aromatic carbocycles. The highest BCUT2D eigenvalue weighted by atomic mass is 16.3. The first-order chi connectivity index (χ1) is 5.47. The summed E-state index contributed by atoms with van der Waals surface area (Å²) >= 11 is 0. The number of rotatable bonds is 2. The summed E-state index contributed by atoms with van der Waals surface area (Å²) in [6.45, 7) is 3.27. The van der Waals surface area contributed by atoms with Crippen LogP contribution in [0, 0.1) is 0 Å². The molecule has 2 nitrogen and oxygen atoms in total. The van der Waals surface area contributed by atoms with Gasteiger partial charge in [-0.3, -0.25) is 0 Å². The first kappa shape index (κ1) is 9.07. The van der Waals surface area contributed by atoms with Gasteiger partial charge in [-0.2, -0.15) is 0 Å². The van der Waals surface area contributed by atoms with Crippen LogP contribution in [0.5, 0.6) is 5.75 Å². The van der Waals surface area contributed by atoms with Crippen molar-refractivity contribution < 1.29 is 10.2 Å². The van der Waals surface area contributed by atoms with Crippen LogP contribution in [0.15, 0.2) is 24.3 Å². The fraction of sp³-hybridized carbons (Fsp3) is 0.400. The molecule has 0 aromatic heterocycles. The van der Waals surface area contributed by atoms with Crippen molar-refractivity contribution in [1.29, 1.82) is 0 Å². The fourth-order valence-corrected chi connectivity index (χ4v) is 1.16. The lowest BCUT2D eigenvalue weighted by Gasteiger charge is -2.13. The van der Waals surface area contributed by atoms with Crippen LogP contribution in [-0.2, 0) is 11.5 Å². The van der Waals surface area contributed by atoms with E-state index in [0.717, 1.165) is 5.56 Å². The predicted octanol–water partition coefficient (Wildman–Crippen LogP) is 2.14. The van der Waals surface area contributed by atoms with Crippen molar-refractivity contribution in [1.82, 2.24) is 0 Å². The van der Waals surface area contributed by atoms with E-state index in [-0.39, 0.29) is 5.75 Å². The molecule has 65 valence electrons. The van der Waals surface area contributed by atoms with E-state index in [1.807, 2.05) is 6.07 Å². The Morgan fingerprint density at radius 3 is 2.58 bits per heavy atom. The lowest BCUT2D eigenvalue weighted by atomic mass is 9.99. The molecule has 0 heterocycles. The van der Waals surface area contributed by atoms with Crippen molar-refractivity contribution in [2.45, 2.75) is 25.9 Å². The Morgan fingerprint density at radius 2 is 2.08 bits per heavy atom. The maximum absolute atomic E-state index is 11.3. The van der Waals surface area contributed by atoms with Crippen LogP contribution >= 0.6 is 0 Å². The van der Waals surface area contributed by atoms with Crippen LogP contribution in [-0.4, -0.2) is 10.7 Å². The van der Waals surface area contributed by atoms with E-state index < -0.39 is 5.60 Å². The van der Waals surface area contributed by atoms with Gasteiger partial charge in [0.2, 0.25) is 0 Å². The average Bonchev–Trinajstić information content (AvgIpc) is 1.82. The molecule has 2 heteroatoms. The van der Waals surface area contributed by atoms with E-state index in [2.05, 4.69) is 0 Å². The standard InChI is InChI=1S/C10H13O2/c1-10(2,12)7-8-4-3-5-9(11)6-8/h3-6,11H,7H2,1-2H3. The van der Waals surface area contributed by atoms with Crippen LogP contribution in [0.4, 0.5) is 0 Å². The summed E-state index contributed by atoms with van der Waals surface area (Å²) in [5.41, 5.74) is -0.0802. The van der Waals surface area contributed by atoms with Crippen LogP contribution in [0.1, 0.15) is 19.4 Å². The number of benzene rings is 1. The van der Waals surface area contributed by atoms with Gasteiger partial charge in [-0.05, 0) is 31.5 Å². The smallest absolute Gasteiger partial charge is 0.115 e. The molecule has 0 aliphatic heterocycles. The molecule has 0 atom stereocenters. The van der Waals surface area contributed by atoms with Crippen molar-refractivity contribution in [3.63, 3.8) is 0 Å². The molecule has 0 aliphatic carbocycles. The Balaban J connectivity index is 2.77. The minimum Gasteiger partial charge on any atom is -0.508 e. The third-order valence-corrected chi connectivity index (χ3v) is 1.54. The number of hydrogen-bond acceptors (Lipinski definition) is 1. The normalized spacial score (nSPS) is 11.6. The zero-order valence-corrected chi connectivity index (χ0v) is 7.37. The van der Waals surface area contributed by atoms with E-state index in [9.17, 15) is 5.11 Å². The van der Waals surface area contributed by atoms with E-state index >= 15 is 0 Å². The topological polar surface area (TPSA) is 40.1 Å². The minimum absolute atomic E-state index is 0.219. The van der Waals surface area contributed by atoms with Crippen molar-refractivity contribution in [3.05, 3.63) is 29.8 Å². The number of phenols is 1. The number of aromatic hydroxyl groups is 1. The Kier molecular flexibility index (Phi) is 2.38. The summed E-state index contributed by atoms with van der Waals surface area (Å²) in [5, 5.41) is 20.4. The molecule has 1 rings (SSSR count). The van der Waals surface area contributed by atoms with Crippen molar-refractivity contribution in [3.8, 4) is 5.75 Å². The number of phenolic OH excluding ortho intramolecular Hbond substituents is 1. The lowest BCUT2D eigenvalue weighted by molar-refractivity contribution is 0.00477. The van der Waals surface area contributed by atoms with Crippen LogP contribution in [0.25, 0.3) is 0 Å². The zero-order valence-electron chi connectivity index (χ0n) is 7.37. The van der Waals surface area contributed by atoms with Gasteiger partial charge in [0.05, 0.1) is 0 Å². The maximum atomic E-state index is 11.3. The van der Waals surface area contributed by atoms with Crippen molar-refractivity contribution in [2.75, 3.05) is 0 Å². The Morgan fingerprint density at radius 1 is 1.42 bits per heavy atom. The number of hydrogen-bond donors (Lipinski definition) is 1. The molecule has 0 amide bonds. The molecule has 1 N–H and O–H groups in total. The van der Waals surface area contributed by atoms with Crippen molar-refractivity contribution in [2.24, 2.45) is 0 Å². The highest BCUT2D eigenvalue weighted by Gasteiger charge is 2.15. The molecule has 12 heavy (non-hydrogen) atoms. The summed E-state index contributed by atoms with van der Waals surface area (Å²) < 4.78 is 0. The molecule has 0 bridgehead atoms. The fourth-order valence-electron chi connectivity index (χ4n) is 1.16. The molecule has 0 fully saturated rings. The van der Waals surface area contributed by atoms with Gasteiger partial charge in [0.15, 0.2) is 0 Å². The first-order valence-corrected chi connectivity index (χ1v) is 3.96. The molecule has 1 aromatic rings. The van der Waals surface area contributed by atoms with Crippen LogP contribution in [0.3, 0.4) is 0 Å². The summed E-state index contributed by atoms with van der Waals surface area (Å²) in [5.74, 6) is 0.219. The molecule has 0 aliphatic rings. The zero-order chi connectivity index (χ0) is 9.19. The van der Waals surface area contributed by atoms with Crippen molar-refractivity contribution >= 4 is 0 Å². The average molecular weight is 165 g/mol. The summed E-state index contributed by atoms with van der Waals surface area (Å²) in [6, 6.07) is 6.82. The molecule has 0 spiro atoms. The largest absolute Gasteiger partial charge is 0.508 e. The molecular weight excluding hydrogens is 152 g/mol. The van der Waals surface area contributed by atoms with Gasteiger partial charge in [0, 0.05) is 6.42 Å². The predicted molar refractivity (Wildman–Crippen MR) is 46.6 cm³/mol. The first-order valence-electron chi connectivity index (χ1n) is 3.96. The van der Waals surface area contributed by atoms with Crippen LogP contribution in [0.2, 0.25) is 0 Å². The van der Waals surface area contributed by atoms with E-state index in [0.29, 0.717) is 6.42 Å². The van der Waals surface area contributed by atoms with Gasteiger partial charge in [-0.1, -0.05) is 12.1 Å².